The van der Waals surface area contributed by atoms with Gasteiger partial charge in [0.05, 0.1) is 10.0 Å². The SMILES string of the molecule is FC(F)(F)CCCCNCc1c(Cl)ccc(Cl)c1Cl. The summed E-state index contributed by atoms with van der Waals surface area (Å²) in [5.74, 6) is 0. The smallest absolute Gasteiger partial charge is 0.313 e. The van der Waals surface area contributed by atoms with E-state index in [1.807, 2.05) is 0 Å². The van der Waals surface area contributed by atoms with Gasteiger partial charge in [-0.2, -0.15) is 13.2 Å². The van der Waals surface area contributed by atoms with E-state index in [2.05, 4.69) is 5.32 Å². The standard InChI is InChI=1S/C12H13Cl3F3N/c13-9-3-4-10(14)11(15)8(9)7-19-6-2-1-5-12(16,17)18/h3-4,19H,1-2,5-7H2. The maximum absolute atomic E-state index is 11.9. The molecule has 108 valence electrons. The van der Waals surface area contributed by atoms with Gasteiger partial charge in [-0.15, -0.1) is 0 Å². The molecule has 1 nitrogen and oxygen atoms in total. The van der Waals surface area contributed by atoms with Gasteiger partial charge in [0.1, 0.15) is 0 Å². The molecule has 0 aliphatic heterocycles. The van der Waals surface area contributed by atoms with Gasteiger partial charge in [0.2, 0.25) is 0 Å². The molecule has 0 unspecified atom stereocenters. The Morgan fingerprint density at radius 1 is 1.00 bits per heavy atom. The topological polar surface area (TPSA) is 12.0 Å². The van der Waals surface area contributed by atoms with Gasteiger partial charge in [0.25, 0.3) is 0 Å². The van der Waals surface area contributed by atoms with Crippen LogP contribution in [0, 0.1) is 0 Å². The fourth-order valence-corrected chi connectivity index (χ4v) is 2.20. The fourth-order valence-electron chi connectivity index (χ4n) is 1.52. The average molecular weight is 335 g/mol. The summed E-state index contributed by atoms with van der Waals surface area (Å²) in [5, 5.41) is 4.26. The summed E-state index contributed by atoms with van der Waals surface area (Å²) in [6.07, 6.45) is -4.30. The summed E-state index contributed by atoms with van der Waals surface area (Å²) < 4.78 is 35.7. The van der Waals surface area contributed by atoms with Crippen molar-refractivity contribution in [2.45, 2.75) is 32.0 Å². The Morgan fingerprint density at radius 3 is 2.26 bits per heavy atom. The second-order valence-corrected chi connectivity index (χ2v) is 5.26. The zero-order valence-corrected chi connectivity index (χ0v) is 12.2. The van der Waals surface area contributed by atoms with Crippen LogP contribution < -0.4 is 5.32 Å². The summed E-state index contributed by atoms with van der Waals surface area (Å²) in [4.78, 5) is 0. The molecule has 1 N–H and O–H groups in total. The van der Waals surface area contributed by atoms with Gasteiger partial charge in [-0.25, -0.2) is 0 Å². The molecule has 0 spiro atoms. The van der Waals surface area contributed by atoms with Gasteiger partial charge in [0, 0.05) is 23.6 Å². The molecule has 1 rings (SSSR count). The Balaban J connectivity index is 2.32. The molecule has 0 atom stereocenters. The van der Waals surface area contributed by atoms with Crippen LogP contribution in [0.2, 0.25) is 15.1 Å². The van der Waals surface area contributed by atoms with Crippen molar-refractivity contribution in [3.63, 3.8) is 0 Å². The lowest BCUT2D eigenvalue weighted by atomic mass is 10.2. The molecule has 0 saturated carbocycles. The van der Waals surface area contributed by atoms with Crippen molar-refractivity contribution in [2.24, 2.45) is 0 Å². The fraction of sp³-hybridized carbons (Fsp3) is 0.500. The van der Waals surface area contributed by atoms with E-state index in [9.17, 15) is 13.2 Å². The molecule has 0 bridgehead atoms. The molecule has 0 radical (unpaired) electrons. The highest BCUT2D eigenvalue weighted by atomic mass is 35.5. The minimum atomic E-state index is -4.08. The Morgan fingerprint density at radius 2 is 1.63 bits per heavy atom. The minimum absolute atomic E-state index is 0.105. The van der Waals surface area contributed by atoms with E-state index in [1.165, 1.54) is 0 Å². The molecular formula is C12H13Cl3F3N. The van der Waals surface area contributed by atoms with E-state index < -0.39 is 12.6 Å². The lowest BCUT2D eigenvalue weighted by molar-refractivity contribution is -0.135. The highest BCUT2D eigenvalue weighted by Crippen LogP contribution is 2.31. The molecule has 19 heavy (non-hydrogen) atoms. The number of unbranched alkanes of at least 4 members (excludes halogenated alkanes) is 1. The first-order chi connectivity index (χ1) is 8.81. The van der Waals surface area contributed by atoms with E-state index in [0.717, 1.165) is 0 Å². The molecule has 7 heteroatoms. The van der Waals surface area contributed by atoms with E-state index >= 15 is 0 Å². The van der Waals surface area contributed by atoms with Crippen molar-refractivity contribution in [3.8, 4) is 0 Å². The van der Waals surface area contributed by atoms with Crippen LogP contribution in [-0.2, 0) is 6.54 Å². The van der Waals surface area contributed by atoms with Crippen LogP contribution in [0.25, 0.3) is 0 Å². The van der Waals surface area contributed by atoms with Crippen LogP contribution in [-0.4, -0.2) is 12.7 Å². The largest absolute Gasteiger partial charge is 0.389 e. The molecule has 0 fully saturated rings. The third-order valence-corrected chi connectivity index (χ3v) is 3.70. The van der Waals surface area contributed by atoms with Gasteiger partial charge >= 0.3 is 6.18 Å². The van der Waals surface area contributed by atoms with E-state index in [0.29, 0.717) is 40.1 Å². The predicted molar refractivity (Wildman–Crippen MR) is 73.1 cm³/mol. The summed E-state index contributed by atoms with van der Waals surface area (Å²) in [6.45, 7) is 0.847. The van der Waals surface area contributed by atoms with Crippen LogP contribution in [0.1, 0.15) is 24.8 Å². The first-order valence-corrected chi connectivity index (χ1v) is 6.84. The summed E-state index contributed by atoms with van der Waals surface area (Å²) >= 11 is 17.8. The number of hydrogen-bond donors (Lipinski definition) is 1. The molecule has 1 aromatic carbocycles. The van der Waals surface area contributed by atoms with Crippen LogP contribution >= 0.6 is 34.8 Å². The van der Waals surface area contributed by atoms with Crippen molar-refractivity contribution >= 4 is 34.8 Å². The predicted octanol–water partition coefficient (Wildman–Crippen LogP) is 5.47. The molecule has 0 saturated heterocycles. The normalized spacial score (nSPS) is 11.9. The van der Waals surface area contributed by atoms with Crippen molar-refractivity contribution in [2.75, 3.05) is 6.54 Å². The quantitative estimate of drug-likeness (QED) is 0.537. The zero-order valence-electron chi connectivity index (χ0n) is 9.96. The third-order valence-electron chi connectivity index (χ3n) is 2.50. The monoisotopic (exact) mass is 333 g/mol. The highest BCUT2D eigenvalue weighted by Gasteiger charge is 2.25. The van der Waals surface area contributed by atoms with Gasteiger partial charge < -0.3 is 5.32 Å². The van der Waals surface area contributed by atoms with Crippen molar-refractivity contribution in [1.82, 2.24) is 5.32 Å². The molecule has 0 aliphatic carbocycles. The Hall–Kier alpha value is -0.160. The van der Waals surface area contributed by atoms with Gasteiger partial charge in [-0.1, -0.05) is 34.8 Å². The Bertz CT molecular complexity index is 421. The van der Waals surface area contributed by atoms with Crippen LogP contribution in [0.15, 0.2) is 12.1 Å². The number of rotatable bonds is 6. The van der Waals surface area contributed by atoms with Gasteiger partial charge in [-0.05, 0) is 31.5 Å². The summed E-state index contributed by atoms with van der Waals surface area (Å²) in [6, 6.07) is 3.23. The Kier molecular flexibility index (Phi) is 6.74. The molecule has 0 heterocycles. The molecule has 0 amide bonds. The first-order valence-electron chi connectivity index (χ1n) is 5.71. The highest BCUT2D eigenvalue weighted by molar-refractivity contribution is 6.44. The maximum Gasteiger partial charge on any atom is 0.389 e. The lowest BCUT2D eigenvalue weighted by Gasteiger charge is -2.10. The van der Waals surface area contributed by atoms with Crippen molar-refractivity contribution in [1.29, 1.82) is 0 Å². The maximum atomic E-state index is 11.9. The second-order valence-electron chi connectivity index (χ2n) is 4.07. The van der Waals surface area contributed by atoms with Crippen molar-refractivity contribution < 1.29 is 13.2 Å². The molecule has 0 aliphatic rings. The summed E-state index contributed by atoms with van der Waals surface area (Å²) in [5.41, 5.74) is 0.659. The molecule has 0 aromatic heterocycles. The van der Waals surface area contributed by atoms with E-state index in [4.69, 9.17) is 34.8 Å². The first kappa shape index (κ1) is 16.9. The van der Waals surface area contributed by atoms with Crippen LogP contribution in [0.5, 0.6) is 0 Å². The van der Waals surface area contributed by atoms with Gasteiger partial charge in [-0.3, -0.25) is 0 Å². The van der Waals surface area contributed by atoms with Crippen LogP contribution in [0.3, 0.4) is 0 Å². The summed E-state index contributed by atoms with van der Waals surface area (Å²) in [7, 11) is 0. The van der Waals surface area contributed by atoms with Gasteiger partial charge in [0.15, 0.2) is 0 Å². The van der Waals surface area contributed by atoms with E-state index in [-0.39, 0.29) is 6.42 Å². The zero-order chi connectivity index (χ0) is 14.5. The number of halogens is 6. The molecule has 1 aromatic rings. The lowest BCUT2D eigenvalue weighted by Crippen LogP contribution is -2.16. The number of nitrogens with one attached hydrogen (secondary N) is 1. The number of hydrogen-bond acceptors (Lipinski definition) is 1. The molecular weight excluding hydrogens is 321 g/mol. The third kappa shape index (κ3) is 6.21. The average Bonchev–Trinajstić information content (AvgIpc) is 2.31. The van der Waals surface area contributed by atoms with E-state index in [1.54, 1.807) is 12.1 Å². The second kappa shape index (κ2) is 7.58. The van der Waals surface area contributed by atoms with Crippen molar-refractivity contribution in [3.05, 3.63) is 32.8 Å². The Labute approximate surface area is 125 Å². The van der Waals surface area contributed by atoms with Crippen LogP contribution in [0.4, 0.5) is 13.2 Å². The number of alkyl halides is 3. The minimum Gasteiger partial charge on any atom is -0.313 e. The number of benzene rings is 1.